The number of carbonyl (C=O) groups excluding carboxylic acids is 2. The van der Waals surface area contributed by atoms with Crippen LogP contribution in [-0.2, 0) is 11.2 Å². The van der Waals surface area contributed by atoms with E-state index in [4.69, 9.17) is 0 Å². The molecule has 2 aliphatic carbocycles. The van der Waals surface area contributed by atoms with Crippen molar-refractivity contribution in [2.75, 3.05) is 33.2 Å². The molecular weight excluding hydrogens is 388 g/mol. The lowest BCUT2D eigenvalue weighted by Gasteiger charge is -2.37. The first-order valence-corrected chi connectivity index (χ1v) is 11.6. The van der Waals surface area contributed by atoms with Gasteiger partial charge in [-0.05, 0) is 81.6 Å². The van der Waals surface area contributed by atoms with Gasteiger partial charge in [0.1, 0.15) is 17.3 Å². The van der Waals surface area contributed by atoms with Gasteiger partial charge in [0.15, 0.2) is 11.6 Å². The molecular formula is C25H30N4O2. The SMILES string of the molecule is CN1CCC(CC(=O)c2cc3c(cn2)CC(=O)C(C#N)=C3N2CCC3(CC2)CC3)CC1. The zero-order chi connectivity index (χ0) is 21.6. The first-order valence-electron chi connectivity index (χ1n) is 11.6. The Balaban J connectivity index is 1.42. The first-order chi connectivity index (χ1) is 15.0. The second-order valence-electron chi connectivity index (χ2n) is 10.0. The van der Waals surface area contributed by atoms with Crippen molar-refractivity contribution in [1.29, 1.82) is 5.26 Å². The van der Waals surface area contributed by atoms with Gasteiger partial charge in [-0.15, -0.1) is 0 Å². The third-order valence-electron chi connectivity index (χ3n) is 7.92. The second kappa shape index (κ2) is 7.87. The molecule has 0 aromatic carbocycles. The van der Waals surface area contributed by atoms with Gasteiger partial charge in [0.2, 0.25) is 0 Å². The van der Waals surface area contributed by atoms with Gasteiger partial charge in [-0.1, -0.05) is 0 Å². The first kappa shape index (κ1) is 20.4. The number of fused-ring (bicyclic) bond motifs is 1. The lowest BCUT2D eigenvalue weighted by molar-refractivity contribution is -0.114. The highest BCUT2D eigenvalue weighted by atomic mass is 16.1. The van der Waals surface area contributed by atoms with Gasteiger partial charge in [-0.2, -0.15) is 5.26 Å². The summed E-state index contributed by atoms with van der Waals surface area (Å²) in [6.45, 7) is 3.81. The van der Waals surface area contributed by atoms with Crippen LogP contribution in [0.5, 0.6) is 0 Å². The lowest BCUT2D eigenvalue weighted by atomic mass is 9.85. The Labute approximate surface area is 183 Å². The number of likely N-dealkylation sites (tertiary alicyclic amines) is 2. The van der Waals surface area contributed by atoms with E-state index in [-0.39, 0.29) is 23.6 Å². The Kier molecular flexibility index (Phi) is 5.18. The maximum absolute atomic E-state index is 13.0. The fourth-order valence-electron chi connectivity index (χ4n) is 5.48. The highest BCUT2D eigenvalue weighted by molar-refractivity contribution is 6.10. The molecule has 5 rings (SSSR count). The van der Waals surface area contributed by atoms with E-state index in [0.717, 1.165) is 68.7 Å². The van der Waals surface area contributed by atoms with E-state index >= 15 is 0 Å². The second-order valence-corrected chi connectivity index (χ2v) is 10.0. The van der Waals surface area contributed by atoms with Crippen LogP contribution in [0.1, 0.15) is 66.6 Å². The molecule has 2 aliphatic heterocycles. The molecule has 31 heavy (non-hydrogen) atoms. The predicted molar refractivity (Wildman–Crippen MR) is 117 cm³/mol. The minimum Gasteiger partial charge on any atom is -0.370 e. The number of pyridine rings is 1. The Hall–Kier alpha value is -2.52. The average Bonchev–Trinajstić information content (AvgIpc) is 3.53. The van der Waals surface area contributed by atoms with E-state index in [9.17, 15) is 14.9 Å². The monoisotopic (exact) mass is 418 g/mol. The van der Waals surface area contributed by atoms with Gasteiger partial charge in [0.05, 0.1) is 5.70 Å². The highest BCUT2D eigenvalue weighted by Crippen LogP contribution is 2.54. The normalized spacial score (nSPS) is 23.6. The third-order valence-corrected chi connectivity index (χ3v) is 7.92. The largest absolute Gasteiger partial charge is 0.370 e. The lowest BCUT2D eigenvalue weighted by Crippen LogP contribution is -2.36. The fraction of sp³-hybridized carbons (Fsp3) is 0.600. The van der Waals surface area contributed by atoms with E-state index in [0.29, 0.717) is 23.4 Å². The van der Waals surface area contributed by atoms with Crippen molar-refractivity contribution in [2.24, 2.45) is 11.3 Å². The minimum atomic E-state index is -0.135. The third kappa shape index (κ3) is 3.92. The Morgan fingerprint density at radius 1 is 1.19 bits per heavy atom. The number of Topliss-reactive ketones (excluding diaryl/α,β-unsaturated/α-hetero) is 2. The topological polar surface area (TPSA) is 77.3 Å². The number of carbonyl (C=O) groups is 2. The summed E-state index contributed by atoms with van der Waals surface area (Å²) >= 11 is 0. The van der Waals surface area contributed by atoms with E-state index in [1.165, 1.54) is 12.8 Å². The minimum absolute atomic E-state index is 0.0719. The molecule has 0 bridgehead atoms. The zero-order valence-corrected chi connectivity index (χ0v) is 18.3. The van der Waals surface area contributed by atoms with Gasteiger partial charge in [-0.3, -0.25) is 14.6 Å². The van der Waals surface area contributed by atoms with E-state index in [2.05, 4.69) is 27.9 Å². The molecule has 0 unspecified atom stereocenters. The van der Waals surface area contributed by atoms with E-state index in [1.54, 1.807) is 6.20 Å². The molecule has 3 heterocycles. The van der Waals surface area contributed by atoms with Crippen LogP contribution in [0.4, 0.5) is 0 Å². The van der Waals surface area contributed by atoms with E-state index in [1.807, 2.05) is 6.07 Å². The maximum Gasteiger partial charge on any atom is 0.181 e. The molecule has 0 radical (unpaired) electrons. The molecule has 162 valence electrons. The number of hydrogen-bond donors (Lipinski definition) is 0. The molecule has 3 fully saturated rings. The van der Waals surface area contributed by atoms with Crippen LogP contribution in [0, 0.1) is 22.7 Å². The van der Waals surface area contributed by atoms with Crippen molar-refractivity contribution >= 4 is 17.3 Å². The summed E-state index contributed by atoms with van der Waals surface area (Å²) in [5, 5.41) is 9.78. The number of nitriles is 1. The fourth-order valence-corrected chi connectivity index (χ4v) is 5.48. The van der Waals surface area contributed by atoms with Crippen LogP contribution in [0.25, 0.3) is 5.70 Å². The van der Waals surface area contributed by atoms with Crippen molar-refractivity contribution in [2.45, 2.75) is 51.4 Å². The van der Waals surface area contributed by atoms with Gasteiger partial charge in [0, 0.05) is 37.7 Å². The van der Waals surface area contributed by atoms with Gasteiger partial charge in [0.25, 0.3) is 0 Å². The summed E-state index contributed by atoms with van der Waals surface area (Å²) in [6.07, 6.45) is 9.33. The molecule has 1 aromatic heterocycles. The van der Waals surface area contributed by atoms with Crippen molar-refractivity contribution in [1.82, 2.24) is 14.8 Å². The number of nitrogens with zero attached hydrogens (tertiary/aromatic N) is 4. The van der Waals surface area contributed by atoms with Crippen LogP contribution in [0.15, 0.2) is 17.8 Å². The Bertz CT molecular complexity index is 983. The van der Waals surface area contributed by atoms with Crippen molar-refractivity contribution in [3.8, 4) is 6.07 Å². The molecule has 0 atom stereocenters. The van der Waals surface area contributed by atoms with Crippen LogP contribution in [0.2, 0.25) is 0 Å². The number of piperidine rings is 2. The molecule has 1 spiro atoms. The smallest absolute Gasteiger partial charge is 0.181 e. The molecule has 0 N–H and O–H groups in total. The zero-order valence-electron chi connectivity index (χ0n) is 18.3. The Morgan fingerprint density at radius 3 is 2.55 bits per heavy atom. The summed E-state index contributed by atoms with van der Waals surface area (Å²) in [5.41, 5.74) is 3.67. The number of allylic oxidation sites excluding steroid dienone is 1. The molecule has 6 nitrogen and oxygen atoms in total. The van der Waals surface area contributed by atoms with Gasteiger partial charge < -0.3 is 9.80 Å². The summed E-state index contributed by atoms with van der Waals surface area (Å²) in [4.78, 5) is 34.7. The van der Waals surface area contributed by atoms with Gasteiger partial charge >= 0.3 is 0 Å². The molecule has 0 amide bonds. The van der Waals surface area contributed by atoms with Crippen molar-refractivity contribution in [3.05, 3.63) is 34.7 Å². The van der Waals surface area contributed by atoms with E-state index < -0.39 is 0 Å². The maximum atomic E-state index is 13.0. The number of aromatic nitrogens is 1. The molecule has 2 saturated heterocycles. The van der Waals surface area contributed by atoms with Crippen LogP contribution in [0.3, 0.4) is 0 Å². The summed E-state index contributed by atoms with van der Waals surface area (Å²) in [6, 6.07) is 4.03. The quantitative estimate of drug-likeness (QED) is 0.699. The average molecular weight is 419 g/mol. The molecule has 1 saturated carbocycles. The number of hydrogen-bond acceptors (Lipinski definition) is 6. The predicted octanol–water partition coefficient (Wildman–Crippen LogP) is 3.23. The Morgan fingerprint density at radius 2 is 1.90 bits per heavy atom. The van der Waals surface area contributed by atoms with Crippen molar-refractivity contribution < 1.29 is 9.59 Å². The summed E-state index contributed by atoms with van der Waals surface area (Å²) < 4.78 is 0. The molecule has 4 aliphatic rings. The summed E-state index contributed by atoms with van der Waals surface area (Å²) in [5.74, 6) is 0.344. The number of ketones is 2. The molecule has 6 heteroatoms. The van der Waals surface area contributed by atoms with Crippen LogP contribution >= 0.6 is 0 Å². The summed E-state index contributed by atoms with van der Waals surface area (Å²) in [7, 11) is 2.12. The van der Waals surface area contributed by atoms with Crippen LogP contribution in [-0.4, -0.2) is 59.6 Å². The standard InChI is InChI=1S/C25H30N4O2/c1-28-8-2-17(3-9-28)12-23(31)21-14-19-18(16-27-21)13-22(30)20(15-26)24(19)29-10-6-25(4-5-25)7-11-29/h14,16-17H,2-13H2,1H3. The molecule has 1 aromatic rings. The van der Waals surface area contributed by atoms with Gasteiger partial charge in [-0.25, -0.2) is 0 Å². The van der Waals surface area contributed by atoms with Crippen LogP contribution < -0.4 is 0 Å². The van der Waals surface area contributed by atoms with Crippen molar-refractivity contribution in [3.63, 3.8) is 0 Å². The highest BCUT2D eigenvalue weighted by Gasteiger charge is 2.45. The number of rotatable bonds is 4.